The van der Waals surface area contributed by atoms with Gasteiger partial charge in [-0.05, 0) is 26.0 Å². The van der Waals surface area contributed by atoms with E-state index in [2.05, 4.69) is 19.9 Å². The molecule has 0 radical (unpaired) electrons. The summed E-state index contributed by atoms with van der Waals surface area (Å²) in [5.74, 6) is 0.806. The van der Waals surface area contributed by atoms with Crippen LogP contribution in [0.3, 0.4) is 0 Å². The fraction of sp³-hybridized carbons (Fsp3) is 0.211. The summed E-state index contributed by atoms with van der Waals surface area (Å²) in [7, 11) is 0. The number of amides is 1. The second-order valence-corrected chi connectivity index (χ2v) is 5.69. The van der Waals surface area contributed by atoms with Crippen molar-refractivity contribution in [3.8, 4) is 11.4 Å². The minimum absolute atomic E-state index is 0.110. The fourth-order valence-corrected chi connectivity index (χ4v) is 2.55. The number of aryl methyl sites for hydroxylation is 2. The van der Waals surface area contributed by atoms with Crippen LogP contribution in [0, 0.1) is 13.8 Å². The van der Waals surface area contributed by atoms with Gasteiger partial charge in [-0.25, -0.2) is 4.98 Å². The van der Waals surface area contributed by atoms with Crippen molar-refractivity contribution in [2.75, 3.05) is 6.54 Å². The molecule has 122 valence electrons. The number of hydrogen-bond donors (Lipinski definition) is 1. The second-order valence-electron chi connectivity index (χ2n) is 5.69. The molecule has 0 aliphatic heterocycles. The summed E-state index contributed by atoms with van der Waals surface area (Å²) >= 11 is 0. The van der Waals surface area contributed by atoms with Crippen LogP contribution in [-0.2, 0) is 6.54 Å². The van der Waals surface area contributed by atoms with Crippen molar-refractivity contribution in [1.82, 2.24) is 19.9 Å². The molecule has 1 aromatic carbocycles. The highest BCUT2D eigenvalue weighted by atomic mass is 16.1. The lowest BCUT2D eigenvalue weighted by molar-refractivity contribution is 0.0952. The summed E-state index contributed by atoms with van der Waals surface area (Å²) in [6.45, 7) is 5.12. The lowest BCUT2D eigenvalue weighted by Gasteiger charge is -2.11. The molecule has 5 nitrogen and oxygen atoms in total. The van der Waals surface area contributed by atoms with Crippen LogP contribution in [0.25, 0.3) is 11.4 Å². The standard InChI is InChI=1S/C19H20N4O/c1-14-8-9-17(13-21-14)19(24)20-10-11-23-15(2)12-22-18(23)16-6-4-3-5-7-16/h3-9,12-13H,10-11H2,1-2H3,(H,20,24). The van der Waals surface area contributed by atoms with Gasteiger partial charge in [0.05, 0.1) is 5.56 Å². The van der Waals surface area contributed by atoms with Gasteiger partial charge in [-0.2, -0.15) is 0 Å². The summed E-state index contributed by atoms with van der Waals surface area (Å²) < 4.78 is 2.11. The number of imidazole rings is 1. The molecule has 0 spiro atoms. The van der Waals surface area contributed by atoms with Crippen LogP contribution in [0.2, 0.25) is 0 Å². The molecule has 5 heteroatoms. The number of pyridine rings is 1. The van der Waals surface area contributed by atoms with Crippen molar-refractivity contribution in [2.24, 2.45) is 0 Å². The highest BCUT2D eigenvalue weighted by molar-refractivity contribution is 5.93. The average molecular weight is 320 g/mol. The van der Waals surface area contributed by atoms with Crippen LogP contribution in [0.5, 0.6) is 0 Å². The third kappa shape index (κ3) is 3.51. The quantitative estimate of drug-likeness (QED) is 0.786. The molecule has 2 heterocycles. The van der Waals surface area contributed by atoms with Gasteiger partial charge in [0, 0.05) is 42.4 Å². The van der Waals surface area contributed by atoms with Crippen molar-refractivity contribution in [3.05, 3.63) is 71.8 Å². The second kappa shape index (κ2) is 7.08. The van der Waals surface area contributed by atoms with Crippen LogP contribution in [-0.4, -0.2) is 27.0 Å². The molecular weight excluding hydrogens is 300 g/mol. The first-order valence-corrected chi connectivity index (χ1v) is 7.93. The zero-order valence-electron chi connectivity index (χ0n) is 13.9. The Morgan fingerprint density at radius 1 is 1.04 bits per heavy atom. The van der Waals surface area contributed by atoms with Gasteiger partial charge in [0.1, 0.15) is 5.82 Å². The van der Waals surface area contributed by atoms with E-state index in [1.807, 2.05) is 56.4 Å². The Balaban J connectivity index is 1.66. The normalized spacial score (nSPS) is 10.6. The van der Waals surface area contributed by atoms with Crippen LogP contribution < -0.4 is 5.32 Å². The maximum atomic E-state index is 12.1. The number of hydrogen-bond acceptors (Lipinski definition) is 3. The van der Waals surface area contributed by atoms with Crippen molar-refractivity contribution in [2.45, 2.75) is 20.4 Å². The first kappa shape index (κ1) is 15.9. The summed E-state index contributed by atoms with van der Waals surface area (Å²) in [6.07, 6.45) is 3.45. The van der Waals surface area contributed by atoms with E-state index in [1.165, 1.54) is 0 Å². The smallest absolute Gasteiger partial charge is 0.252 e. The summed E-state index contributed by atoms with van der Waals surface area (Å²) in [4.78, 5) is 20.8. The molecule has 24 heavy (non-hydrogen) atoms. The third-order valence-electron chi connectivity index (χ3n) is 3.88. The lowest BCUT2D eigenvalue weighted by atomic mass is 10.2. The van der Waals surface area contributed by atoms with E-state index in [1.54, 1.807) is 12.3 Å². The largest absolute Gasteiger partial charge is 0.350 e. The van der Waals surface area contributed by atoms with Gasteiger partial charge in [0.2, 0.25) is 0 Å². The van der Waals surface area contributed by atoms with E-state index in [9.17, 15) is 4.79 Å². The number of rotatable bonds is 5. The van der Waals surface area contributed by atoms with Gasteiger partial charge in [0.15, 0.2) is 0 Å². The number of benzene rings is 1. The van der Waals surface area contributed by atoms with Crippen LogP contribution in [0.4, 0.5) is 0 Å². The summed E-state index contributed by atoms with van der Waals surface area (Å²) in [5.41, 5.74) is 3.61. The molecule has 3 aromatic rings. The van der Waals surface area contributed by atoms with E-state index < -0.39 is 0 Å². The molecule has 0 unspecified atom stereocenters. The SMILES string of the molecule is Cc1ccc(C(=O)NCCn2c(C)cnc2-c2ccccc2)cn1. The maximum absolute atomic E-state index is 12.1. The van der Waals surface area contributed by atoms with E-state index in [-0.39, 0.29) is 5.91 Å². The molecule has 0 aliphatic rings. The Labute approximate surface area is 141 Å². The minimum atomic E-state index is -0.110. The van der Waals surface area contributed by atoms with E-state index in [0.29, 0.717) is 18.7 Å². The number of nitrogens with zero attached hydrogens (tertiary/aromatic N) is 3. The third-order valence-corrected chi connectivity index (χ3v) is 3.88. The predicted octanol–water partition coefficient (Wildman–Crippen LogP) is 2.99. The van der Waals surface area contributed by atoms with Gasteiger partial charge >= 0.3 is 0 Å². The first-order valence-electron chi connectivity index (χ1n) is 7.93. The fourth-order valence-electron chi connectivity index (χ4n) is 2.55. The Bertz CT molecular complexity index is 822. The molecule has 0 aliphatic carbocycles. The molecule has 0 saturated carbocycles. The molecule has 2 aromatic heterocycles. The van der Waals surface area contributed by atoms with Crippen molar-refractivity contribution in [3.63, 3.8) is 0 Å². The van der Waals surface area contributed by atoms with Crippen molar-refractivity contribution >= 4 is 5.91 Å². The molecule has 1 N–H and O–H groups in total. The Morgan fingerprint density at radius 2 is 1.83 bits per heavy atom. The molecule has 3 rings (SSSR count). The number of carbonyl (C=O) groups is 1. The zero-order chi connectivity index (χ0) is 16.9. The number of carbonyl (C=O) groups excluding carboxylic acids is 1. The molecular formula is C19H20N4O. The Hall–Kier alpha value is -2.95. The van der Waals surface area contributed by atoms with Crippen molar-refractivity contribution in [1.29, 1.82) is 0 Å². The van der Waals surface area contributed by atoms with Gasteiger partial charge in [0.25, 0.3) is 5.91 Å². The van der Waals surface area contributed by atoms with Gasteiger partial charge in [-0.1, -0.05) is 30.3 Å². The Kier molecular flexibility index (Phi) is 4.70. The highest BCUT2D eigenvalue weighted by Gasteiger charge is 2.10. The van der Waals surface area contributed by atoms with E-state index in [0.717, 1.165) is 22.8 Å². The molecule has 0 bridgehead atoms. The van der Waals surface area contributed by atoms with Gasteiger partial charge in [-0.15, -0.1) is 0 Å². The molecule has 0 saturated heterocycles. The number of nitrogens with one attached hydrogen (secondary N) is 1. The van der Waals surface area contributed by atoms with Crippen LogP contribution >= 0.6 is 0 Å². The zero-order valence-corrected chi connectivity index (χ0v) is 13.9. The maximum Gasteiger partial charge on any atom is 0.252 e. The van der Waals surface area contributed by atoms with Crippen LogP contribution in [0.15, 0.2) is 54.9 Å². The monoisotopic (exact) mass is 320 g/mol. The van der Waals surface area contributed by atoms with E-state index >= 15 is 0 Å². The van der Waals surface area contributed by atoms with Gasteiger partial charge in [-0.3, -0.25) is 9.78 Å². The van der Waals surface area contributed by atoms with Crippen molar-refractivity contribution < 1.29 is 4.79 Å². The van der Waals surface area contributed by atoms with Gasteiger partial charge < -0.3 is 9.88 Å². The molecule has 0 atom stereocenters. The topological polar surface area (TPSA) is 59.8 Å². The molecule has 1 amide bonds. The highest BCUT2D eigenvalue weighted by Crippen LogP contribution is 2.18. The predicted molar refractivity (Wildman–Crippen MR) is 93.7 cm³/mol. The lowest BCUT2D eigenvalue weighted by Crippen LogP contribution is -2.27. The summed E-state index contributed by atoms with van der Waals surface area (Å²) in [6, 6.07) is 13.7. The summed E-state index contributed by atoms with van der Waals surface area (Å²) in [5, 5.41) is 2.94. The van der Waals surface area contributed by atoms with E-state index in [4.69, 9.17) is 0 Å². The number of aromatic nitrogens is 3. The Morgan fingerprint density at radius 3 is 2.54 bits per heavy atom. The molecule has 0 fully saturated rings. The average Bonchev–Trinajstić information content (AvgIpc) is 2.97. The minimum Gasteiger partial charge on any atom is -0.350 e. The first-order chi connectivity index (χ1) is 11.6. The van der Waals surface area contributed by atoms with Crippen LogP contribution in [0.1, 0.15) is 21.7 Å².